The maximum atomic E-state index is 4.86. The van der Waals surface area contributed by atoms with Crippen LogP contribution < -0.4 is 0 Å². The van der Waals surface area contributed by atoms with E-state index in [1.807, 2.05) is 6.07 Å². The molecule has 0 radical (unpaired) electrons. The summed E-state index contributed by atoms with van der Waals surface area (Å²) in [5.41, 5.74) is 5.06. The van der Waals surface area contributed by atoms with Gasteiger partial charge in [-0.1, -0.05) is 51.8 Å². The third-order valence-electron chi connectivity index (χ3n) is 4.80. The van der Waals surface area contributed by atoms with Crippen LogP contribution >= 0.6 is 15.9 Å². The number of aromatic nitrogens is 2. The number of benzene rings is 2. The normalized spacial score (nSPS) is 21.4. The zero-order valence-corrected chi connectivity index (χ0v) is 14.7. The van der Waals surface area contributed by atoms with E-state index >= 15 is 0 Å². The van der Waals surface area contributed by atoms with E-state index in [-0.39, 0.29) is 0 Å². The number of para-hydroxylation sites is 2. The number of fused-ring (bicyclic) bond motifs is 1. The Morgan fingerprint density at radius 1 is 1.04 bits per heavy atom. The highest BCUT2D eigenvalue weighted by Gasteiger charge is 2.29. The van der Waals surface area contributed by atoms with Gasteiger partial charge in [0.2, 0.25) is 0 Å². The predicted octanol–water partition coefficient (Wildman–Crippen LogP) is 5.93. The van der Waals surface area contributed by atoms with Gasteiger partial charge < -0.3 is 4.98 Å². The number of nitrogens with zero attached hydrogens (tertiary/aromatic N) is 1. The fourth-order valence-corrected chi connectivity index (χ4v) is 3.84. The Morgan fingerprint density at radius 2 is 1.83 bits per heavy atom. The highest BCUT2D eigenvalue weighted by molar-refractivity contribution is 9.10. The molecule has 0 saturated heterocycles. The van der Waals surface area contributed by atoms with Gasteiger partial charge in [0.05, 0.1) is 11.0 Å². The Balaban J connectivity index is 1.76. The number of imidazole rings is 1. The molecule has 2 unspecified atom stereocenters. The first-order valence-electron chi connectivity index (χ1n) is 8.06. The van der Waals surface area contributed by atoms with Gasteiger partial charge in [-0.25, -0.2) is 4.98 Å². The molecule has 2 aromatic carbocycles. The number of rotatable bonds is 2. The molecule has 2 nitrogen and oxygen atoms in total. The number of halogens is 1. The van der Waals surface area contributed by atoms with Crippen LogP contribution in [-0.4, -0.2) is 9.97 Å². The van der Waals surface area contributed by atoms with Gasteiger partial charge in [0.15, 0.2) is 0 Å². The van der Waals surface area contributed by atoms with Gasteiger partial charge in [-0.15, -0.1) is 0 Å². The van der Waals surface area contributed by atoms with Crippen molar-refractivity contribution in [2.24, 2.45) is 0 Å². The maximum Gasteiger partial charge on any atom is 0.111 e. The predicted molar refractivity (Wildman–Crippen MR) is 98.7 cm³/mol. The molecule has 2 atom stereocenters. The van der Waals surface area contributed by atoms with Gasteiger partial charge in [0, 0.05) is 10.4 Å². The van der Waals surface area contributed by atoms with Crippen molar-refractivity contribution in [1.82, 2.24) is 9.97 Å². The standard InChI is InChI=1S/C20H19BrN2/c1-13-6-11-16(17(12-13)14-7-9-15(21)10-8-14)20-22-18-4-2-3-5-19(18)23-20/h2-10,16-17H,11-12H2,1H3,(H,22,23). The molecule has 1 aromatic heterocycles. The lowest BCUT2D eigenvalue weighted by atomic mass is 9.75. The van der Waals surface area contributed by atoms with Gasteiger partial charge in [-0.05, 0) is 55.5 Å². The van der Waals surface area contributed by atoms with Crippen LogP contribution in [0.4, 0.5) is 0 Å². The highest BCUT2D eigenvalue weighted by atomic mass is 79.9. The minimum Gasteiger partial charge on any atom is -0.342 e. The minimum absolute atomic E-state index is 0.410. The fraction of sp³-hybridized carbons (Fsp3) is 0.250. The molecule has 3 aromatic rings. The Labute approximate surface area is 144 Å². The number of H-pyrrole nitrogens is 1. The maximum absolute atomic E-state index is 4.86. The van der Waals surface area contributed by atoms with Crippen LogP contribution in [0.25, 0.3) is 11.0 Å². The Morgan fingerprint density at radius 3 is 2.61 bits per heavy atom. The fourth-order valence-electron chi connectivity index (χ4n) is 3.58. The summed E-state index contributed by atoms with van der Waals surface area (Å²) in [6, 6.07) is 17.0. The summed E-state index contributed by atoms with van der Waals surface area (Å²) in [4.78, 5) is 8.40. The van der Waals surface area contributed by atoms with Crippen LogP contribution in [0.5, 0.6) is 0 Å². The van der Waals surface area contributed by atoms with E-state index < -0.39 is 0 Å². The van der Waals surface area contributed by atoms with E-state index in [1.165, 1.54) is 11.1 Å². The van der Waals surface area contributed by atoms with Crippen molar-refractivity contribution in [3.8, 4) is 0 Å². The molecule has 0 saturated carbocycles. The molecule has 116 valence electrons. The van der Waals surface area contributed by atoms with Crippen LogP contribution in [-0.2, 0) is 0 Å². The second-order valence-electron chi connectivity index (χ2n) is 6.39. The molecular formula is C20H19BrN2. The molecule has 0 bridgehead atoms. The van der Waals surface area contributed by atoms with E-state index in [0.29, 0.717) is 11.8 Å². The quantitative estimate of drug-likeness (QED) is 0.559. The molecule has 1 aliphatic rings. The Hall–Kier alpha value is -1.87. The van der Waals surface area contributed by atoms with Crippen molar-refractivity contribution in [2.75, 3.05) is 0 Å². The summed E-state index contributed by atoms with van der Waals surface area (Å²) in [5, 5.41) is 0. The summed E-state index contributed by atoms with van der Waals surface area (Å²) >= 11 is 3.53. The average Bonchev–Trinajstić information content (AvgIpc) is 2.99. The van der Waals surface area contributed by atoms with Crippen LogP contribution in [0, 0.1) is 0 Å². The van der Waals surface area contributed by atoms with Crippen molar-refractivity contribution in [3.05, 3.63) is 76.0 Å². The Bertz CT molecular complexity index is 828. The zero-order valence-electron chi connectivity index (χ0n) is 13.1. The SMILES string of the molecule is CC1=CCC(c2nc3ccccc3[nH]2)C(c2ccc(Br)cc2)C1. The van der Waals surface area contributed by atoms with Gasteiger partial charge in [-0.2, -0.15) is 0 Å². The van der Waals surface area contributed by atoms with Crippen molar-refractivity contribution in [2.45, 2.75) is 31.6 Å². The summed E-state index contributed by atoms with van der Waals surface area (Å²) in [5.74, 6) is 2.00. The Kier molecular flexibility index (Phi) is 3.82. The number of hydrogen-bond donors (Lipinski definition) is 1. The topological polar surface area (TPSA) is 28.7 Å². The van der Waals surface area contributed by atoms with E-state index in [0.717, 1.165) is 34.2 Å². The van der Waals surface area contributed by atoms with E-state index in [1.54, 1.807) is 0 Å². The van der Waals surface area contributed by atoms with Crippen molar-refractivity contribution < 1.29 is 0 Å². The van der Waals surface area contributed by atoms with E-state index in [9.17, 15) is 0 Å². The molecular weight excluding hydrogens is 348 g/mol. The number of aromatic amines is 1. The van der Waals surface area contributed by atoms with Gasteiger partial charge >= 0.3 is 0 Å². The smallest absolute Gasteiger partial charge is 0.111 e. The van der Waals surface area contributed by atoms with Crippen LogP contribution in [0.2, 0.25) is 0 Å². The monoisotopic (exact) mass is 366 g/mol. The molecule has 1 aliphatic carbocycles. The molecule has 4 rings (SSSR count). The van der Waals surface area contributed by atoms with Crippen molar-refractivity contribution >= 4 is 27.0 Å². The minimum atomic E-state index is 0.410. The average molecular weight is 367 g/mol. The summed E-state index contributed by atoms with van der Waals surface area (Å²) in [6.07, 6.45) is 4.52. The molecule has 0 aliphatic heterocycles. The van der Waals surface area contributed by atoms with Gasteiger partial charge in [0.1, 0.15) is 5.82 Å². The first-order chi connectivity index (χ1) is 11.2. The van der Waals surface area contributed by atoms with Gasteiger partial charge in [-0.3, -0.25) is 0 Å². The molecule has 1 N–H and O–H groups in total. The number of nitrogens with one attached hydrogen (secondary N) is 1. The summed E-state index contributed by atoms with van der Waals surface area (Å²) < 4.78 is 1.13. The third-order valence-corrected chi connectivity index (χ3v) is 5.33. The highest BCUT2D eigenvalue weighted by Crippen LogP contribution is 2.43. The van der Waals surface area contributed by atoms with Crippen LogP contribution in [0.15, 0.2) is 64.7 Å². The van der Waals surface area contributed by atoms with Crippen LogP contribution in [0.3, 0.4) is 0 Å². The van der Waals surface area contributed by atoms with Crippen molar-refractivity contribution in [3.63, 3.8) is 0 Å². The molecule has 0 fully saturated rings. The zero-order chi connectivity index (χ0) is 15.8. The summed E-state index contributed by atoms with van der Waals surface area (Å²) in [7, 11) is 0. The second kappa shape index (κ2) is 5.97. The van der Waals surface area contributed by atoms with Crippen LogP contribution in [0.1, 0.15) is 43.0 Å². The van der Waals surface area contributed by atoms with E-state index in [4.69, 9.17) is 4.98 Å². The largest absolute Gasteiger partial charge is 0.342 e. The summed E-state index contributed by atoms with van der Waals surface area (Å²) in [6.45, 7) is 2.24. The number of hydrogen-bond acceptors (Lipinski definition) is 1. The van der Waals surface area contributed by atoms with Gasteiger partial charge in [0.25, 0.3) is 0 Å². The third kappa shape index (κ3) is 2.86. The lowest BCUT2D eigenvalue weighted by Crippen LogP contribution is -2.16. The van der Waals surface area contributed by atoms with E-state index in [2.05, 4.69) is 76.4 Å². The first-order valence-corrected chi connectivity index (χ1v) is 8.86. The lowest BCUT2D eigenvalue weighted by Gasteiger charge is -2.30. The molecule has 1 heterocycles. The first kappa shape index (κ1) is 14.7. The second-order valence-corrected chi connectivity index (χ2v) is 7.31. The molecule has 3 heteroatoms. The number of allylic oxidation sites excluding steroid dienone is 2. The molecule has 0 spiro atoms. The lowest BCUT2D eigenvalue weighted by molar-refractivity contribution is 0.494. The van der Waals surface area contributed by atoms with Crippen molar-refractivity contribution in [1.29, 1.82) is 0 Å². The molecule has 23 heavy (non-hydrogen) atoms. The molecule has 0 amide bonds.